The van der Waals surface area contributed by atoms with Crippen molar-refractivity contribution in [3.05, 3.63) is 27.7 Å². The molecule has 0 aliphatic rings. The van der Waals surface area contributed by atoms with Crippen LogP contribution in [0.1, 0.15) is 12.5 Å². The molecule has 5 heteroatoms. The van der Waals surface area contributed by atoms with E-state index in [4.69, 9.17) is 33.0 Å². The Morgan fingerprint density at radius 1 is 1.44 bits per heavy atom. The fourth-order valence-electron chi connectivity index (χ4n) is 1.39. The van der Waals surface area contributed by atoms with E-state index < -0.39 is 0 Å². The van der Waals surface area contributed by atoms with Crippen molar-refractivity contribution in [3.63, 3.8) is 0 Å². The minimum atomic E-state index is -0.388. The zero-order valence-electron chi connectivity index (χ0n) is 9.26. The first-order chi connectivity index (χ1) is 7.54. The quantitative estimate of drug-likeness (QED) is 0.858. The number of methoxy groups -OCH3 is 1. The standard InChI is InChI=1S/C11H15Cl2NO2/c1-7(15)5-14-6-8-3-9(12)4-10(13)11(8)16-2/h3-4,7,14-15H,5-6H2,1-2H3/t7-/m1/s1. The summed E-state index contributed by atoms with van der Waals surface area (Å²) in [4.78, 5) is 0. The summed E-state index contributed by atoms with van der Waals surface area (Å²) < 4.78 is 5.20. The molecule has 0 radical (unpaired) electrons. The highest BCUT2D eigenvalue weighted by Crippen LogP contribution is 2.31. The van der Waals surface area contributed by atoms with Gasteiger partial charge < -0.3 is 15.2 Å². The number of benzene rings is 1. The van der Waals surface area contributed by atoms with Gasteiger partial charge in [0.1, 0.15) is 5.75 Å². The second-order valence-corrected chi connectivity index (χ2v) is 4.40. The SMILES string of the molecule is COc1c(Cl)cc(Cl)cc1CNC[C@@H](C)O. The molecule has 1 atom stereocenters. The summed E-state index contributed by atoms with van der Waals surface area (Å²) in [6, 6.07) is 3.43. The molecule has 0 bridgehead atoms. The van der Waals surface area contributed by atoms with Crippen molar-refractivity contribution < 1.29 is 9.84 Å². The van der Waals surface area contributed by atoms with E-state index in [0.717, 1.165) is 5.56 Å². The van der Waals surface area contributed by atoms with Gasteiger partial charge in [-0.3, -0.25) is 0 Å². The largest absolute Gasteiger partial charge is 0.495 e. The van der Waals surface area contributed by atoms with Gasteiger partial charge in [0.25, 0.3) is 0 Å². The zero-order chi connectivity index (χ0) is 12.1. The summed E-state index contributed by atoms with van der Waals surface area (Å²) in [6.45, 7) is 2.77. The summed E-state index contributed by atoms with van der Waals surface area (Å²) in [6.07, 6.45) is -0.388. The van der Waals surface area contributed by atoms with Crippen LogP contribution in [0.25, 0.3) is 0 Å². The molecule has 0 aliphatic heterocycles. The fourth-order valence-corrected chi connectivity index (χ4v) is 2.00. The van der Waals surface area contributed by atoms with Crippen LogP contribution in [0.15, 0.2) is 12.1 Å². The van der Waals surface area contributed by atoms with E-state index in [9.17, 15) is 0 Å². The first kappa shape index (κ1) is 13.6. The van der Waals surface area contributed by atoms with Crippen LogP contribution in [0.5, 0.6) is 5.75 Å². The van der Waals surface area contributed by atoms with E-state index >= 15 is 0 Å². The third kappa shape index (κ3) is 3.83. The molecule has 0 fully saturated rings. The second kappa shape index (κ2) is 6.30. The summed E-state index contributed by atoms with van der Waals surface area (Å²) in [5.74, 6) is 0.615. The molecule has 0 saturated carbocycles. The van der Waals surface area contributed by atoms with Crippen molar-refractivity contribution in [3.8, 4) is 5.75 Å². The molecule has 0 unspecified atom stereocenters. The van der Waals surface area contributed by atoms with Gasteiger partial charge in [0.15, 0.2) is 0 Å². The van der Waals surface area contributed by atoms with Crippen molar-refractivity contribution in [1.29, 1.82) is 0 Å². The van der Waals surface area contributed by atoms with E-state index in [1.807, 2.05) is 0 Å². The number of rotatable bonds is 5. The summed E-state index contributed by atoms with van der Waals surface area (Å²) in [5, 5.41) is 13.3. The Bertz CT molecular complexity index is 356. The highest BCUT2D eigenvalue weighted by atomic mass is 35.5. The van der Waals surface area contributed by atoms with Crippen LogP contribution in [0.4, 0.5) is 0 Å². The molecule has 2 N–H and O–H groups in total. The molecular formula is C11H15Cl2NO2. The van der Waals surface area contributed by atoms with Gasteiger partial charge in [-0.15, -0.1) is 0 Å². The lowest BCUT2D eigenvalue weighted by Crippen LogP contribution is -2.24. The molecule has 0 saturated heterocycles. The molecule has 0 aromatic heterocycles. The van der Waals surface area contributed by atoms with E-state index in [0.29, 0.717) is 28.9 Å². The Balaban J connectivity index is 2.77. The van der Waals surface area contributed by atoms with Crippen molar-refractivity contribution in [2.45, 2.75) is 19.6 Å². The Labute approximate surface area is 105 Å². The summed E-state index contributed by atoms with van der Waals surface area (Å²) in [5.41, 5.74) is 0.876. The van der Waals surface area contributed by atoms with Gasteiger partial charge in [-0.25, -0.2) is 0 Å². The number of ether oxygens (including phenoxy) is 1. The molecule has 0 aliphatic carbocycles. The van der Waals surface area contributed by atoms with Gasteiger partial charge in [-0.1, -0.05) is 23.2 Å². The Kier molecular flexibility index (Phi) is 5.35. The number of halogens is 2. The third-order valence-corrected chi connectivity index (χ3v) is 2.54. The Morgan fingerprint density at radius 2 is 2.12 bits per heavy atom. The molecular weight excluding hydrogens is 249 g/mol. The van der Waals surface area contributed by atoms with E-state index in [2.05, 4.69) is 5.32 Å². The molecule has 1 rings (SSSR count). The lowest BCUT2D eigenvalue weighted by Gasteiger charge is -2.12. The minimum Gasteiger partial charge on any atom is -0.495 e. The van der Waals surface area contributed by atoms with Gasteiger partial charge >= 0.3 is 0 Å². The van der Waals surface area contributed by atoms with Crippen LogP contribution in [0.2, 0.25) is 10.0 Å². The molecule has 90 valence electrons. The van der Waals surface area contributed by atoms with E-state index in [1.165, 1.54) is 0 Å². The summed E-state index contributed by atoms with van der Waals surface area (Å²) in [7, 11) is 1.56. The minimum absolute atomic E-state index is 0.388. The van der Waals surface area contributed by atoms with E-state index in [1.54, 1.807) is 26.2 Å². The smallest absolute Gasteiger partial charge is 0.142 e. The van der Waals surface area contributed by atoms with Gasteiger partial charge in [0, 0.05) is 23.7 Å². The van der Waals surface area contributed by atoms with Gasteiger partial charge in [0.2, 0.25) is 0 Å². The topological polar surface area (TPSA) is 41.5 Å². The lowest BCUT2D eigenvalue weighted by atomic mass is 10.2. The Hall–Kier alpha value is -0.480. The number of aliphatic hydroxyl groups is 1. The maximum absolute atomic E-state index is 9.12. The molecule has 3 nitrogen and oxygen atoms in total. The maximum atomic E-state index is 9.12. The second-order valence-electron chi connectivity index (χ2n) is 3.56. The number of nitrogens with one attached hydrogen (secondary N) is 1. The lowest BCUT2D eigenvalue weighted by molar-refractivity contribution is 0.191. The predicted molar refractivity (Wildman–Crippen MR) is 66.4 cm³/mol. The number of hydrogen-bond donors (Lipinski definition) is 2. The van der Waals surface area contributed by atoms with Crippen LogP contribution in [-0.4, -0.2) is 24.9 Å². The van der Waals surface area contributed by atoms with Crippen molar-refractivity contribution in [2.75, 3.05) is 13.7 Å². The first-order valence-electron chi connectivity index (χ1n) is 4.95. The van der Waals surface area contributed by atoms with Crippen LogP contribution >= 0.6 is 23.2 Å². The highest BCUT2D eigenvalue weighted by molar-refractivity contribution is 6.35. The first-order valence-corrected chi connectivity index (χ1v) is 5.71. The molecule has 0 spiro atoms. The van der Waals surface area contributed by atoms with Gasteiger partial charge in [-0.2, -0.15) is 0 Å². The molecule has 16 heavy (non-hydrogen) atoms. The third-order valence-electron chi connectivity index (χ3n) is 2.04. The van der Waals surface area contributed by atoms with Gasteiger partial charge in [-0.05, 0) is 19.1 Å². The van der Waals surface area contributed by atoms with E-state index in [-0.39, 0.29) is 6.10 Å². The van der Waals surface area contributed by atoms with Crippen LogP contribution < -0.4 is 10.1 Å². The van der Waals surface area contributed by atoms with Gasteiger partial charge in [0.05, 0.1) is 18.2 Å². The van der Waals surface area contributed by atoms with Crippen LogP contribution in [0.3, 0.4) is 0 Å². The number of aliphatic hydroxyl groups excluding tert-OH is 1. The predicted octanol–water partition coefficient (Wildman–Crippen LogP) is 2.47. The van der Waals surface area contributed by atoms with Crippen LogP contribution in [-0.2, 0) is 6.54 Å². The van der Waals surface area contributed by atoms with Crippen molar-refractivity contribution >= 4 is 23.2 Å². The molecule has 0 amide bonds. The normalized spacial score (nSPS) is 12.6. The van der Waals surface area contributed by atoms with Crippen molar-refractivity contribution in [2.24, 2.45) is 0 Å². The number of hydrogen-bond acceptors (Lipinski definition) is 3. The maximum Gasteiger partial charge on any atom is 0.142 e. The zero-order valence-corrected chi connectivity index (χ0v) is 10.8. The summed E-state index contributed by atoms with van der Waals surface area (Å²) >= 11 is 11.9. The highest BCUT2D eigenvalue weighted by Gasteiger charge is 2.09. The molecule has 0 heterocycles. The van der Waals surface area contributed by atoms with Crippen molar-refractivity contribution in [1.82, 2.24) is 5.32 Å². The molecule has 1 aromatic rings. The molecule has 1 aromatic carbocycles. The average molecular weight is 264 g/mol. The van der Waals surface area contributed by atoms with Crippen LogP contribution in [0, 0.1) is 0 Å². The monoisotopic (exact) mass is 263 g/mol. The fraction of sp³-hybridized carbons (Fsp3) is 0.455. The Morgan fingerprint density at radius 3 is 2.69 bits per heavy atom. The average Bonchev–Trinajstić information content (AvgIpc) is 2.16.